The fourth-order valence-electron chi connectivity index (χ4n) is 1.13. The molecule has 0 atom stereocenters. The predicted molar refractivity (Wildman–Crippen MR) is 60.5 cm³/mol. The molecule has 16 heavy (non-hydrogen) atoms. The first-order valence-corrected chi connectivity index (χ1v) is 5.11. The van der Waals surface area contributed by atoms with Gasteiger partial charge in [0.05, 0.1) is 26.2 Å². The fourth-order valence-corrected chi connectivity index (χ4v) is 1.13. The first-order chi connectivity index (χ1) is 6.95. The third kappa shape index (κ3) is 15.7. The summed E-state index contributed by atoms with van der Waals surface area (Å²) in [6.07, 6.45) is 2.15. The van der Waals surface area contributed by atoms with Crippen LogP contribution in [0.2, 0.25) is 0 Å². The molecule has 0 spiro atoms. The Bertz CT molecular complexity index is 196. The monoisotopic (exact) mass is 244 g/mol. The van der Waals surface area contributed by atoms with Crippen LogP contribution in [0.3, 0.4) is 0 Å². The summed E-state index contributed by atoms with van der Waals surface area (Å²) in [4.78, 5) is 2.33. The summed E-state index contributed by atoms with van der Waals surface area (Å²) in [5.74, 6) is 0. The highest BCUT2D eigenvalue weighted by Crippen LogP contribution is 2.06. The number of nitrogens with zero attached hydrogens (tertiary/aromatic N) is 2. The van der Waals surface area contributed by atoms with Crippen LogP contribution in [0.5, 0.6) is 0 Å². The molecule has 7 heteroatoms. The van der Waals surface area contributed by atoms with Gasteiger partial charge in [-0.05, 0) is 27.7 Å². The Morgan fingerprint density at radius 3 is 1.25 bits per heavy atom. The molecule has 0 aromatic carbocycles. The van der Waals surface area contributed by atoms with Gasteiger partial charge in [-0.15, -0.1) is 0 Å². The van der Waals surface area contributed by atoms with Crippen molar-refractivity contribution in [2.45, 2.75) is 39.8 Å². The van der Waals surface area contributed by atoms with E-state index in [1.54, 1.807) is 0 Å². The van der Waals surface area contributed by atoms with Crippen LogP contribution in [0.15, 0.2) is 0 Å². The van der Waals surface area contributed by atoms with E-state index in [2.05, 4.69) is 57.6 Å². The second kappa shape index (κ2) is 7.52. The maximum atomic E-state index is 9.75. The van der Waals surface area contributed by atoms with Crippen LogP contribution in [0, 0.1) is 0 Å². The first-order valence-electron chi connectivity index (χ1n) is 5.11. The number of halogens is 4. The van der Waals surface area contributed by atoms with E-state index < -0.39 is 7.25 Å². The maximum absolute atomic E-state index is 9.75. The second-order valence-corrected chi connectivity index (χ2v) is 4.21. The van der Waals surface area contributed by atoms with Crippen molar-refractivity contribution in [3.63, 3.8) is 0 Å². The zero-order valence-corrected chi connectivity index (χ0v) is 10.7. The number of rotatable bonds is 3. The highest BCUT2D eigenvalue weighted by atomic mass is 19.5. The van der Waals surface area contributed by atoms with Crippen molar-refractivity contribution >= 4 is 13.6 Å². The quantitative estimate of drug-likeness (QED) is 0.243. The van der Waals surface area contributed by atoms with Gasteiger partial charge in [-0.2, -0.15) is 0 Å². The minimum Gasteiger partial charge on any atom is -0.418 e. The van der Waals surface area contributed by atoms with Crippen molar-refractivity contribution in [1.29, 1.82) is 0 Å². The molecule has 0 bridgehead atoms. The van der Waals surface area contributed by atoms with Gasteiger partial charge in [-0.25, -0.2) is 0 Å². The lowest BCUT2D eigenvalue weighted by Crippen LogP contribution is -2.38. The van der Waals surface area contributed by atoms with Crippen molar-refractivity contribution < 1.29 is 21.8 Å². The SMILES string of the molecule is CC(C)N(C=[N+](C)C)C(C)C.F[B-](F)(F)F. The molecular weight excluding hydrogens is 223 g/mol. The molecule has 0 rings (SSSR count). The molecule has 0 aromatic heterocycles. The molecule has 0 fully saturated rings. The molecule has 0 aliphatic heterocycles. The fraction of sp³-hybridized carbons (Fsp3) is 0.889. The summed E-state index contributed by atoms with van der Waals surface area (Å²) >= 11 is 0. The van der Waals surface area contributed by atoms with Crippen molar-refractivity contribution in [2.75, 3.05) is 14.1 Å². The largest absolute Gasteiger partial charge is 0.673 e. The minimum atomic E-state index is -6.00. The Kier molecular flexibility index (Phi) is 8.29. The third-order valence-electron chi connectivity index (χ3n) is 1.56. The van der Waals surface area contributed by atoms with Gasteiger partial charge in [0.25, 0.3) is 0 Å². The van der Waals surface area contributed by atoms with Gasteiger partial charge in [-0.1, -0.05) is 0 Å². The molecule has 0 aliphatic carbocycles. The van der Waals surface area contributed by atoms with Crippen molar-refractivity contribution in [1.82, 2.24) is 4.90 Å². The van der Waals surface area contributed by atoms with E-state index in [0.717, 1.165) is 0 Å². The van der Waals surface area contributed by atoms with Crippen LogP contribution in [0.25, 0.3) is 0 Å². The topological polar surface area (TPSA) is 6.25 Å². The standard InChI is InChI=1S/C9H21N2.BF4/c1-8(2)11(9(3)4)7-10(5)6;2-1(3,4)5/h7-9H,1-6H3;/q+1;-1. The van der Waals surface area contributed by atoms with E-state index in [4.69, 9.17) is 0 Å². The van der Waals surface area contributed by atoms with E-state index in [9.17, 15) is 17.3 Å². The molecular formula is C9H21BF4N2. The molecule has 0 amide bonds. The van der Waals surface area contributed by atoms with Crippen LogP contribution in [0.1, 0.15) is 27.7 Å². The molecule has 2 nitrogen and oxygen atoms in total. The Labute approximate surface area is 95.0 Å². The van der Waals surface area contributed by atoms with Gasteiger partial charge in [0.2, 0.25) is 6.34 Å². The van der Waals surface area contributed by atoms with Gasteiger partial charge >= 0.3 is 7.25 Å². The van der Waals surface area contributed by atoms with Crippen LogP contribution in [-0.2, 0) is 0 Å². The molecule has 0 unspecified atom stereocenters. The Morgan fingerprint density at radius 2 is 1.19 bits per heavy atom. The Balaban J connectivity index is 0. The Morgan fingerprint density at radius 1 is 0.938 bits per heavy atom. The molecule has 98 valence electrons. The normalized spacial score (nSPS) is 11.0. The highest BCUT2D eigenvalue weighted by Gasteiger charge is 2.20. The molecule has 0 aromatic rings. The summed E-state index contributed by atoms with van der Waals surface area (Å²) < 4.78 is 41.1. The summed E-state index contributed by atoms with van der Waals surface area (Å²) in [6, 6.07) is 1.16. The molecule has 0 heterocycles. The molecule has 0 saturated carbocycles. The second-order valence-electron chi connectivity index (χ2n) is 4.21. The van der Waals surface area contributed by atoms with Crippen molar-refractivity contribution in [3.05, 3.63) is 0 Å². The smallest absolute Gasteiger partial charge is 0.418 e. The summed E-state index contributed by atoms with van der Waals surface area (Å²) in [6.45, 7) is 8.83. The average molecular weight is 244 g/mol. The summed E-state index contributed by atoms with van der Waals surface area (Å²) in [7, 11) is -1.89. The summed E-state index contributed by atoms with van der Waals surface area (Å²) in [5, 5.41) is 0. The lowest BCUT2D eigenvalue weighted by molar-refractivity contribution is -0.465. The van der Waals surface area contributed by atoms with Gasteiger partial charge in [0.1, 0.15) is 0 Å². The van der Waals surface area contributed by atoms with Crippen molar-refractivity contribution in [3.8, 4) is 0 Å². The summed E-state index contributed by atoms with van der Waals surface area (Å²) in [5.41, 5.74) is 0. The van der Waals surface area contributed by atoms with Crippen LogP contribution in [0.4, 0.5) is 17.3 Å². The molecule has 0 N–H and O–H groups in total. The number of hydrogen-bond donors (Lipinski definition) is 0. The highest BCUT2D eigenvalue weighted by molar-refractivity contribution is 6.50. The van der Waals surface area contributed by atoms with Gasteiger partial charge in [0.15, 0.2) is 0 Å². The zero-order valence-electron chi connectivity index (χ0n) is 10.7. The van der Waals surface area contributed by atoms with E-state index >= 15 is 0 Å². The predicted octanol–water partition coefficient (Wildman–Crippen LogP) is 2.71. The lowest BCUT2D eigenvalue weighted by atomic mass is 10.2. The zero-order chi connectivity index (χ0) is 13.5. The molecule has 0 aliphatic rings. The average Bonchev–Trinajstić information content (AvgIpc) is 1.95. The maximum Gasteiger partial charge on any atom is 0.673 e. The molecule has 0 saturated heterocycles. The van der Waals surface area contributed by atoms with Gasteiger partial charge in [-0.3, -0.25) is 9.48 Å². The first kappa shape index (κ1) is 17.6. The Hall–Kier alpha value is -0.745. The van der Waals surface area contributed by atoms with Crippen LogP contribution in [-0.4, -0.2) is 49.2 Å². The van der Waals surface area contributed by atoms with E-state index in [-0.39, 0.29) is 0 Å². The van der Waals surface area contributed by atoms with Gasteiger partial charge < -0.3 is 17.3 Å². The van der Waals surface area contributed by atoms with E-state index in [1.807, 2.05) is 0 Å². The number of hydrogen-bond acceptors (Lipinski definition) is 0. The third-order valence-corrected chi connectivity index (χ3v) is 1.56. The minimum absolute atomic E-state index is 0.581. The molecule has 0 radical (unpaired) electrons. The van der Waals surface area contributed by atoms with Gasteiger partial charge in [0, 0.05) is 0 Å². The van der Waals surface area contributed by atoms with Crippen LogP contribution >= 0.6 is 0 Å². The van der Waals surface area contributed by atoms with Crippen LogP contribution < -0.4 is 0 Å². The van der Waals surface area contributed by atoms with E-state index in [1.165, 1.54) is 0 Å². The van der Waals surface area contributed by atoms with E-state index in [0.29, 0.717) is 12.1 Å². The van der Waals surface area contributed by atoms with Crippen molar-refractivity contribution in [2.24, 2.45) is 0 Å². The lowest BCUT2D eigenvalue weighted by Gasteiger charge is -2.21.